The first-order valence-electron chi connectivity index (χ1n) is 3.76. The zero-order chi connectivity index (χ0) is 7.40. The molecule has 0 fully saturated rings. The van der Waals surface area contributed by atoms with Gasteiger partial charge in [-0.15, -0.1) is 0 Å². The molecular formula is C8H15NO. The lowest BCUT2D eigenvalue weighted by atomic mass is 10.0. The van der Waals surface area contributed by atoms with Gasteiger partial charge in [0.15, 0.2) is 0 Å². The van der Waals surface area contributed by atoms with Crippen LogP contribution in [-0.4, -0.2) is 20.3 Å². The van der Waals surface area contributed by atoms with Crippen molar-refractivity contribution in [3.63, 3.8) is 0 Å². The number of allylic oxidation sites excluding steroid dienone is 1. The van der Waals surface area contributed by atoms with Gasteiger partial charge in [0.2, 0.25) is 0 Å². The highest BCUT2D eigenvalue weighted by Gasteiger charge is 2.11. The van der Waals surface area contributed by atoms with Gasteiger partial charge in [0.1, 0.15) is 0 Å². The Morgan fingerprint density at radius 2 is 2.50 bits per heavy atom. The molecule has 58 valence electrons. The number of nitrogens with one attached hydrogen (secondary N) is 1. The number of hydrogen-bond donors (Lipinski definition) is 1. The van der Waals surface area contributed by atoms with Crippen LogP contribution in [-0.2, 0) is 4.74 Å². The minimum atomic E-state index is 0.456. The highest BCUT2D eigenvalue weighted by atomic mass is 16.5. The molecule has 0 bridgehead atoms. The summed E-state index contributed by atoms with van der Waals surface area (Å²) in [6.45, 7) is 0. The summed E-state index contributed by atoms with van der Waals surface area (Å²) in [7, 11) is 3.75. The summed E-state index contributed by atoms with van der Waals surface area (Å²) in [6, 6.07) is 0. The van der Waals surface area contributed by atoms with E-state index in [1.807, 2.05) is 7.05 Å². The maximum absolute atomic E-state index is 5.21. The second kappa shape index (κ2) is 3.62. The van der Waals surface area contributed by atoms with Gasteiger partial charge in [-0.05, 0) is 19.3 Å². The van der Waals surface area contributed by atoms with Crippen LogP contribution in [0.3, 0.4) is 0 Å². The van der Waals surface area contributed by atoms with Gasteiger partial charge >= 0.3 is 0 Å². The summed E-state index contributed by atoms with van der Waals surface area (Å²) >= 11 is 0. The van der Waals surface area contributed by atoms with Crippen molar-refractivity contribution in [2.45, 2.75) is 25.4 Å². The molecule has 0 aromatic carbocycles. The molecule has 2 heteroatoms. The fourth-order valence-electron chi connectivity index (χ4n) is 1.25. The fraction of sp³-hybridized carbons (Fsp3) is 0.750. The van der Waals surface area contributed by atoms with Crippen LogP contribution < -0.4 is 5.32 Å². The minimum absolute atomic E-state index is 0.456. The van der Waals surface area contributed by atoms with Gasteiger partial charge in [-0.1, -0.05) is 6.08 Å². The largest absolute Gasteiger partial charge is 0.392 e. The molecule has 0 heterocycles. The van der Waals surface area contributed by atoms with Crippen molar-refractivity contribution in [3.8, 4) is 0 Å². The van der Waals surface area contributed by atoms with Crippen molar-refractivity contribution >= 4 is 0 Å². The Hall–Kier alpha value is -0.500. The van der Waals surface area contributed by atoms with Crippen LogP contribution in [0.4, 0.5) is 0 Å². The van der Waals surface area contributed by atoms with Gasteiger partial charge < -0.3 is 10.1 Å². The number of methoxy groups -OCH3 is 1. The van der Waals surface area contributed by atoms with Crippen LogP contribution in [0.2, 0.25) is 0 Å². The number of rotatable bonds is 2. The Balaban J connectivity index is 2.36. The quantitative estimate of drug-likeness (QED) is 0.625. The molecule has 10 heavy (non-hydrogen) atoms. The summed E-state index contributed by atoms with van der Waals surface area (Å²) in [4.78, 5) is 0. The van der Waals surface area contributed by atoms with E-state index in [4.69, 9.17) is 4.74 Å². The Bertz CT molecular complexity index is 131. The lowest BCUT2D eigenvalue weighted by molar-refractivity contribution is 0.0934. The third kappa shape index (κ3) is 1.74. The fourth-order valence-corrected chi connectivity index (χ4v) is 1.25. The molecule has 0 saturated carbocycles. The van der Waals surface area contributed by atoms with Gasteiger partial charge in [0.25, 0.3) is 0 Å². The number of hydrogen-bond acceptors (Lipinski definition) is 2. The average Bonchev–Trinajstić information content (AvgIpc) is 2.05. The molecule has 0 saturated heterocycles. The van der Waals surface area contributed by atoms with Crippen molar-refractivity contribution in [1.82, 2.24) is 5.32 Å². The first-order valence-corrected chi connectivity index (χ1v) is 3.76. The van der Waals surface area contributed by atoms with E-state index in [1.165, 1.54) is 5.70 Å². The summed E-state index contributed by atoms with van der Waals surface area (Å²) < 4.78 is 5.21. The molecule has 1 aliphatic rings. The molecule has 1 unspecified atom stereocenters. The van der Waals surface area contributed by atoms with Crippen LogP contribution in [0.5, 0.6) is 0 Å². The Kier molecular flexibility index (Phi) is 2.75. The third-order valence-corrected chi connectivity index (χ3v) is 2.02. The smallest absolute Gasteiger partial charge is 0.0610 e. The second-order valence-electron chi connectivity index (χ2n) is 2.61. The number of ether oxygens (including phenoxy) is 1. The van der Waals surface area contributed by atoms with Crippen LogP contribution in [0.25, 0.3) is 0 Å². The first-order chi connectivity index (χ1) is 4.86. The van der Waals surface area contributed by atoms with E-state index in [2.05, 4.69) is 11.4 Å². The zero-order valence-corrected chi connectivity index (χ0v) is 6.68. The van der Waals surface area contributed by atoms with Gasteiger partial charge in [-0.25, -0.2) is 0 Å². The molecule has 0 aromatic rings. The molecule has 1 aliphatic carbocycles. The predicted octanol–water partition coefficient (Wildman–Crippen LogP) is 1.29. The third-order valence-electron chi connectivity index (χ3n) is 2.02. The summed E-state index contributed by atoms with van der Waals surface area (Å²) in [6.07, 6.45) is 6.03. The molecule has 1 N–H and O–H groups in total. The molecule has 0 amide bonds. The molecule has 0 radical (unpaired) electrons. The molecule has 0 spiro atoms. The normalized spacial score (nSPS) is 25.8. The molecule has 1 rings (SSSR count). The molecule has 0 aromatic heterocycles. The van der Waals surface area contributed by atoms with E-state index in [1.54, 1.807) is 7.11 Å². The lowest BCUT2D eigenvalue weighted by Gasteiger charge is -2.19. The van der Waals surface area contributed by atoms with Crippen molar-refractivity contribution in [2.24, 2.45) is 0 Å². The van der Waals surface area contributed by atoms with Crippen molar-refractivity contribution in [1.29, 1.82) is 0 Å². The van der Waals surface area contributed by atoms with Crippen LogP contribution >= 0.6 is 0 Å². The van der Waals surface area contributed by atoms with E-state index < -0.39 is 0 Å². The first kappa shape index (κ1) is 7.61. The maximum atomic E-state index is 5.21. The van der Waals surface area contributed by atoms with Crippen molar-refractivity contribution < 1.29 is 4.74 Å². The second-order valence-corrected chi connectivity index (χ2v) is 2.61. The molecule has 2 nitrogen and oxygen atoms in total. The Morgan fingerprint density at radius 3 is 2.90 bits per heavy atom. The minimum Gasteiger partial charge on any atom is -0.392 e. The van der Waals surface area contributed by atoms with Crippen LogP contribution in [0, 0.1) is 0 Å². The Morgan fingerprint density at radius 1 is 1.70 bits per heavy atom. The van der Waals surface area contributed by atoms with E-state index in [0.717, 1.165) is 19.3 Å². The van der Waals surface area contributed by atoms with Gasteiger partial charge in [-0.2, -0.15) is 0 Å². The topological polar surface area (TPSA) is 21.3 Å². The Labute approximate surface area is 62.3 Å². The molecular weight excluding hydrogens is 126 g/mol. The van der Waals surface area contributed by atoms with Crippen LogP contribution in [0.1, 0.15) is 19.3 Å². The maximum Gasteiger partial charge on any atom is 0.0610 e. The SMILES string of the molecule is CNC1=CCC(OC)CC1. The van der Waals surface area contributed by atoms with Crippen molar-refractivity contribution in [2.75, 3.05) is 14.2 Å². The van der Waals surface area contributed by atoms with Gasteiger partial charge in [0.05, 0.1) is 6.10 Å². The monoisotopic (exact) mass is 141 g/mol. The zero-order valence-electron chi connectivity index (χ0n) is 6.68. The highest BCUT2D eigenvalue weighted by Crippen LogP contribution is 2.17. The van der Waals surface area contributed by atoms with Crippen molar-refractivity contribution in [3.05, 3.63) is 11.8 Å². The average molecular weight is 141 g/mol. The summed E-state index contributed by atoms with van der Waals surface area (Å²) in [5.41, 5.74) is 1.35. The van der Waals surface area contributed by atoms with E-state index >= 15 is 0 Å². The molecule has 0 aliphatic heterocycles. The molecule has 1 atom stereocenters. The lowest BCUT2D eigenvalue weighted by Crippen LogP contribution is -2.18. The predicted molar refractivity (Wildman–Crippen MR) is 41.8 cm³/mol. The van der Waals surface area contributed by atoms with Gasteiger partial charge in [0, 0.05) is 19.9 Å². The van der Waals surface area contributed by atoms with E-state index in [0.29, 0.717) is 6.10 Å². The van der Waals surface area contributed by atoms with Crippen LogP contribution in [0.15, 0.2) is 11.8 Å². The van der Waals surface area contributed by atoms with E-state index in [-0.39, 0.29) is 0 Å². The summed E-state index contributed by atoms with van der Waals surface area (Å²) in [5.74, 6) is 0. The summed E-state index contributed by atoms with van der Waals surface area (Å²) in [5, 5.41) is 3.15. The standard InChI is InChI=1S/C8H15NO/c1-9-7-3-5-8(10-2)6-4-7/h3,8-9H,4-6H2,1-2H3. The van der Waals surface area contributed by atoms with Gasteiger partial charge in [-0.3, -0.25) is 0 Å². The van der Waals surface area contributed by atoms with E-state index in [9.17, 15) is 0 Å². The highest BCUT2D eigenvalue weighted by molar-refractivity contribution is 5.03.